The molecule has 0 radical (unpaired) electrons. The lowest BCUT2D eigenvalue weighted by atomic mass is 9.93. The molecule has 0 spiro atoms. The van der Waals surface area contributed by atoms with Crippen LogP contribution in [-0.4, -0.2) is 16.1 Å². The molecular formula is C20H31NO2. The fraction of sp³-hybridized carbons (Fsp3) is 0.700. The van der Waals surface area contributed by atoms with Crippen molar-refractivity contribution in [2.75, 3.05) is 0 Å². The number of ketones is 2. The number of nitrogens with zero attached hydrogens (tertiary/aromatic N) is 1. The minimum Gasteiger partial charge on any atom is -0.343 e. The summed E-state index contributed by atoms with van der Waals surface area (Å²) in [5, 5.41) is 0. The number of carbonyl (C=O) groups is 2. The molecule has 2 rings (SSSR count). The first-order valence-corrected chi connectivity index (χ1v) is 9.39. The fourth-order valence-corrected chi connectivity index (χ4v) is 3.46. The van der Waals surface area contributed by atoms with Gasteiger partial charge in [-0.15, -0.1) is 0 Å². The number of aryl methyl sites for hydroxylation is 2. The molecule has 3 heteroatoms. The van der Waals surface area contributed by atoms with Crippen LogP contribution in [-0.2, 0) is 22.4 Å². The Balaban J connectivity index is 2.13. The molecule has 23 heavy (non-hydrogen) atoms. The summed E-state index contributed by atoms with van der Waals surface area (Å²) in [6.45, 7) is 4.44. The Morgan fingerprint density at radius 3 is 2.00 bits per heavy atom. The van der Waals surface area contributed by atoms with Crippen molar-refractivity contribution in [1.82, 2.24) is 4.57 Å². The highest BCUT2D eigenvalue weighted by atomic mass is 16.1. The maximum absolute atomic E-state index is 12.2. The number of carbonyl (C=O) groups excluding carboxylic acids is 2. The summed E-state index contributed by atoms with van der Waals surface area (Å²) in [4.78, 5) is 23.9. The zero-order chi connectivity index (χ0) is 16.7. The smallest absolute Gasteiger partial charge is 0.156 e. The van der Waals surface area contributed by atoms with Crippen LogP contribution in [0.4, 0.5) is 0 Å². The highest BCUT2D eigenvalue weighted by molar-refractivity contribution is 5.95. The van der Waals surface area contributed by atoms with Gasteiger partial charge in [-0.05, 0) is 36.8 Å². The van der Waals surface area contributed by atoms with Gasteiger partial charge in [-0.2, -0.15) is 0 Å². The second kappa shape index (κ2) is 9.05. The third-order valence-corrected chi connectivity index (χ3v) is 4.92. The second-order valence-corrected chi connectivity index (χ2v) is 6.90. The maximum Gasteiger partial charge on any atom is 0.156 e. The highest BCUT2D eigenvalue weighted by Gasteiger charge is 2.28. The van der Waals surface area contributed by atoms with E-state index in [0.29, 0.717) is 19.3 Å². The summed E-state index contributed by atoms with van der Waals surface area (Å²) in [5.41, 5.74) is 2.78. The molecule has 1 fully saturated rings. The third-order valence-electron chi connectivity index (χ3n) is 4.92. The lowest BCUT2D eigenvalue weighted by molar-refractivity contribution is -0.132. The van der Waals surface area contributed by atoms with Crippen molar-refractivity contribution < 1.29 is 9.59 Å². The Morgan fingerprint density at radius 1 is 0.913 bits per heavy atom. The summed E-state index contributed by atoms with van der Waals surface area (Å²) in [5.74, 6) is 0.447. The Bertz CT molecular complexity index is 502. The van der Waals surface area contributed by atoms with Crippen molar-refractivity contribution in [3.63, 3.8) is 0 Å². The van der Waals surface area contributed by atoms with Crippen LogP contribution in [0, 0.1) is 0 Å². The lowest BCUT2D eigenvalue weighted by Gasteiger charge is -2.21. The monoisotopic (exact) mass is 317 g/mol. The van der Waals surface area contributed by atoms with Crippen LogP contribution in [0.3, 0.4) is 0 Å². The largest absolute Gasteiger partial charge is 0.343 e. The van der Waals surface area contributed by atoms with Gasteiger partial charge in [-0.1, -0.05) is 39.5 Å². The number of Topliss-reactive ketones (excluding diaryl/α,β-unsaturated/α-hetero) is 2. The average Bonchev–Trinajstić information content (AvgIpc) is 2.93. The van der Waals surface area contributed by atoms with Crippen LogP contribution in [0.15, 0.2) is 12.4 Å². The van der Waals surface area contributed by atoms with Crippen molar-refractivity contribution in [3.8, 4) is 0 Å². The van der Waals surface area contributed by atoms with E-state index in [4.69, 9.17) is 0 Å². The molecule has 1 unspecified atom stereocenters. The number of aromatic nitrogens is 1. The predicted octanol–water partition coefficient (Wildman–Crippen LogP) is 4.82. The van der Waals surface area contributed by atoms with E-state index in [-0.39, 0.29) is 17.6 Å². The summed E-state index contributed by atoms with van der Waals surface area (Å²) >= 11 is 0. The van der Waals surface area contributed by atoms with E-state index >= 15 is 0 Å². The predicted molar refractivity (Wildman–Crippen MR) is 93.8 cm³/mol. The van der Waals surface area contributed by atoms with Crippen LogP contribution in [0.1, 0.15) is 88.8 Å². The summed E-state index contributed by atoms with van der Waals surface area (Å²) in [7, 11) is 0. The van der Waals surface area contributed by atoms with Gasteiger partial charge in [0.25, 0.3) is 0 Å². The van der Waals surface area contributed by atoms with E-state index in [1.165, 1.54) is 49.7 Å². The normalized spacial score (nSPS) is 18.6. The zero-order valence-electron chi connectivity index (χ0n) is 14.8. The van der Waals surface area contributed by atoms with Crippen LogP contribution in [0.25, 0.3) is 0 Å². The minimum atomic E-state index is -0.249. The number of hydrogen-bond acceptors (Lipinski definition) is 2. The van der Waals surface area contributed by atoms with Gasteiger partial charge in [0.1, 0.15) is 5.78 Å². The Hall–Kier alpha value is -1.38. The van der Waals surface area contributed by atoms with E-state index in [0.717, 1.165) is 12.8 Å². The molecule has 0 saturated heterocycles. The van der Waals surface area contributed by atoms with Gasteiger partial charge >= 0.3 is 0 Å². The lowest BCUT2D eigenvalue weighted by Crippen LogP contribution is -2.27. The molecule has 0 amide bonds. The fourth-order valence-electron chi connectivity index (χ4n) is 3.46. The first-order valence-electron chi connectivity index (χ1n) is 9.39. The van der Waals surface area contributed by atoms with Crippen LogP contribution in [0.2, 0.25) is 0 Å². The highest BCUT2D eigenvalue weighted by Crippen LogP contribution is 2.27. The Labute approximate surface area is 140 Å². The summed E-state index contributed by atoms with van der Waals surface area (Å²) < 4.78 is 2.04. The summed E-state index contributed by atoms with van der Waals surface area (Å²) in [6.07, 6.45) is 15.1. The van der Waals surface area contributed by atoms with Gasteiger partial charge in [0.05, 0.1) is 6.04 Å². The quantitative estimate of drug-likeness (QED) is 0.613. The maximum atomic E-state index is 12.2. The molecule has 0 aliphatic heterocycles. The first kappa shape index (κ1) is 18.0. The van der Waals surface area contributed by atoms with Crippen LogP contribution < -0.4 is 0 Å². The molecule has 128 valence electrons. The molecule has 1 aromatic heterocycles. The number of rotatable bonds is 9. The molecule has 1 saturated carbocycles. The van der Waals surface area contributed by atoms with Crippen molar-refractivity contribution in [3.05, 3.63) is 23.5 Å². The molecular weight excluding hydrogens is 286 g/mol. The zero-order valence-corrected chi connectivity index (χ0v) is 14.8. The molecule has 0 N–H and O–H groups in total. The van der Waals surface area contributed by atoms with Gasteiger partial charge in [-0.25, -0.2) is 0 Å². The molecule has 1 aromatic rings. The second-order valence-electron chi connectivity index (χ2n) is 6.90. The third kappa shape index (κ3) is 5.05. The summed E-state index contributed by atoms with van der Waals surface area (Å²) in [6, 6.07) is -0.249. The van der Waals surface area contributed by atoms with Gasteiger partial charge in [-0.3, -0.25) is 9.59 Å². The molecule has 3 nitrogen and oxygen atoms in total. The SMILES string of the molecule is CCCCCc1cn(C2CC(=O)CCC2=O)cc1CCCCC. The van der Waals surface area contributed by atoms with E-state index in [1.807, 2.05) is 4.57 Å². The topological polar surface area (TPSA) is 39.1 Å². The average molecular weight is 317 g/mol. The first-order chi connectivity index (χ1) is 11.2. The molecule has 1 aliphatic rings. The number of unbranched alkanes of at least 4 members (excludes halogenated alkanes) is 4. The van der Waals surface area contributed by atoms with Crippen molar-refractivity contribution in [2.45, 2.75) is 90.5 Å². The van der Waals surface area contributed by atoms with Crippen molar-refractivity contribution in [1.29, 1.82) is 0 Å². The van der Waals surface area contributed by atoms with Crippen molar-refractivity contribution in [2.24, 2.45) is 0 Å². The molecule has 1 heterocycles. The van der Waals surface area contributed by atoms with Crippen molar-refractivity contribution >= 4 is 11.6 Å². The number of hydrogen-bond donors (Lipinski definition) is 0. The van der Waals surface area contributed by atoms with Gasteiger partial charge in [0, 0.05) is 31.7 Å². The Kier molecular flexibility index (Phi) is 7.07. The Morgan fingerprint density at radius 2 is 1.48 bits per heavy atom. The van der Waals surface area contributed by atoms with Crippen LogP contribution >= 0.6 is 0 Å². The van der Waals surface area contributed by atoms with E-state index in [2.05, 4.69) is 26.2 Å². The molecule has 0 bridgehead atoms. The molecule has 1 aliphatic carbocycles. The standard InChI is InChI=1S/C20H31NO2/c1-3-5-7-9-16-14-21(15-17(16)10-8-6-4-2)19-13-18(22)11-12-20(19)23/h14-15,19H,3-13H2,1-2H3. The van der Waals surface area contributed by atoms with Gasteiger partial charge in [0.15, 0.2) is 5.78 Å². The molecule has 1 atom stereocenters. The minimum absolute atomic E-state index is 0.222. The van der Waals surface area contributed by atoms with Gasteiger partial charge in [0.2, 0.25) is 0 Å². The van der Waals surface area contributed by atoms with E-state index in [1.54, 1.807) is 0 Å². The molecule has 0 aromatic carbocycles. The van der Waals surface area contributed by atoms with Gasteiger partial charge < -0.3 is 4.57 Å². The van der Waals surface area contributed by atoms with Crippen LogP contribution in [0.5, 0.6) is 0 Å². The van der Waals surface area contributed by atoms with E-state index in [9.17, 15) is 9.59 Å². The van der Waals surface area contributed by atoms with E-state index < -0.39 is 0 Å².